The van der Waals surface area contributed by atoms with Crippen LogP contribution in [0.1, 0.15) is 18.9 Å². The molecule has 100 valence electrons. The number of piperazine rings is 1. The van der Waals surface area contributed by atoms with Gasteiger partial charge in [-0.3, -0.25) is 4.79 Å². The summed E-state index contributed by atoms with van der Waals surface area (Å²) in [5.74, 6) is 0.280. The van der Waals surface area contributed by atoms with E-state index < -0.39 is 0 Å². The van der Waals surface area contributed by atoms with Crippen LogP contribution in [0.4, 0.5) is 0 Å². The Morgan fingerprint density at radius 1 is 1.39 bits per heavy atom. The Hall–Kier alpha value is -1.06. The van der Waals surface area contributed by atoms with Crippen molar-refractivity contribution in [3.05, 3.63) is 35.9 Å². The summed E-state index contributed by atoms with van der Waals surface area (Å²) < 4.78 is 0. The predicted octanol–water partition coefficient (Wildman–Crippen LogP) is 1.86. The summed E-state index contributed by atoms with van der Waals surface area (Å²) in [4.78, 5) is 14.1. The van der Waals surface area contributed by atoms with Gasteiger partial charge in [-0.05, 0) is 18.9 Å². The van der Waals surface area contributed by atoms with Crippen LogP contribution in [0, 0.1) is 0 Å². The molecule has 1 aromatic rings. The summed E-state index contributed by atoms with van der Waals surface area (Å²) in [7, 11) is 0. The van der Waals surface area contributed by atoms with Crippen molar-refractivity contribution in [1.82, 2.24) is 10.2 Å². The summed E-state index contributed by atoms with van der Waals surface area (Å²) >= 11 is 0. The maximum atomic E-state index is 12.1. The van der Waals surface area contributed by atoms with Crippen LogP contribution < -0.4 is 5.32 Å². The van der Waals surface area contributed by atoms with E-state index in [-0.39, 0.29) is 18.3 Å². The first-order valence-corrected chi connectivity index (χ1v) is 6.31. The monoisotopic (exact) mass is 268 g/mol. The topological polar surface area (TPSA) is 32.3 Å². The fourth-order valence-corrected chi connectivity index (χ4v) is 2.25. The molecule has 4 heteroatoms. The van der Waals surface area contributed by atoms with Crippen molar-refractivity contribution in [2.75, 3.05) is 19.6 Å². The lowest BCUT2D eigenvalue weighted by Gasteiger charge is -2.34. The molecule has 1 atom stereocenters. The van der Waals surface area contributed by atoms with Gasteiger partial charge in [-0.2, -0.15) is 0 Å². The molecule has 18 heavy (non-hydrogen) atoms. The van der Waals surface area contributed by atoms with E-state index in [0.717, 1.165) is 26.1 Å². The smallest absolute Gasteiger partial charge is 0.223 e. The number of hydrogen-bond donors (Lipinski definition) is 1. The van der Waals surface area contributed by atoms with Gasteiger partial charge in [0.05, 0.1) is 0 Å². The van der Waals surface area contributed by atoms with Gasteiger partial charge in [0.1, 0.15) is 0 Å². The van der Waals surface area contributed by atoms with Crippen LogP contribution >= 0.6 is 12.4 Å². The van der Waals surface area contributed by atoms with E-state index in [1.807, 2.05) is 23.1 Å². The Morgan fingerprint density at radius 3 is 2.78 bits per heavy atom. The van der Waals surface area contributed by atoms with E-state index in [4.69, 9.17) is 0 Å². The van der Waals surface area contributed by atoms with E-state index in [1.165, 1.54) is 5.56 Å². The van der Waals surface area contributed by atoms with Crippen molar-refractivity contribution in [2.24, 2.45) is 0 Å². The Kier molecular flexibility index (Phi) is 6.16. The molecule has 0 aromatic heterocycles. The number of rotatable bonds is 3. The van der Waals surface area contributed by atoms with Crippen molar-refractivity contribution in [2.45, 2.75) is 25.8 Å². The van der Waals surface area contributed by atoms with Crippen molar-refractivity contribution in [3.8, 4) is 0 Å². The van der Waals surface area contributed by atoms with Gasteiger partial charge < -0.3 is 10.2 Å². The number of amides is 1. The highest BCUT2D eigenvalue weighted by molar-refractivity contribution is 5.85. The number of benzene rings is 1. The van der Waals surface area contributed by atoms with Crippen molar-refractivity contribution in [3.63, 3.8) is 0 Å². The Labute approximate surface area is 115 Å². The third-order valence-corrected chi connectivity index (χ3v) is 3.29. The number of carbonyl (C=O) groups excluding carboxylic acids is 1. The maximum absolute atomic E-state index is 12.1. The minimum Gasteiger partial charge on any atom is -0.337 e. The third-order valence-electron chi connectivity index (χ3n) is 3.29. The largest absolute Gasteiger partial charge is 0.337 e. The van der Waals surface area contributed by atoms with E-state index >= 15 is 0 Å². The van der Waals surface area contributed by atoms with Gasteiger partial charge >= 0.3 is 0 Å². The molecule has 1 fully saturated rings. The molecular weight excluding hydrogens is 248 g/mol. The van der Waals surface area contributed by atoms with Crippen LogP contribution in [0.25, 0.3) is 0 Å². The quantitative estimate of drug-likeness (QED) is 0.908. The summed E-state index contributed by atoms with van der Waals surface area (Å²) in [6, 6.07) is 10.5. The third kappa shape index (κ3) is 4.00. The number of nitrogens with zero attached hydrogens (tertiary/aromatic N) is 1. The number of nitrogens with one attached hydrogen (secondary N) is 1. The second-order valence-corrected chi connectivity index (χ2v) is 4.63. The lowest BCUT2D eigenvalue weighted by molar-refractivity contribution is -0.133. The van der Waals surface area contributed by atoms with Gasteiger partial charge in [-0.1, -0.05) is 30.3 Å². The predicted molar refractivity (Wildman–Crippen MR) is 76.1 cm³/mol. The number of hydrogen-bond acceptors (Lipinski definition) is 2. The van der Waals surface area contributed by atoms with Crippen molar-refractivity contribution in [1.29, 1.82) is 0 Å². The van der Waals surface area contributed by atoms with Crippen LogP contribution in [0.2, 0.25) is 0 Å². The molecule has 0 spiro atoms. The standard InChI is InChI=1S/C14H20N2O.ClH/c1-12-11-15-9-10-16(12)14(17)8-7-13-5-3-2-4-6-13;/h2-6,12,15H,7-11H2,1H3;1H/t12-;/m1./s1. The molecule has 1 amide bonds. The van der Waals surface area contributed by atoms with Crippen LogP contribution in [0.15, 0.2) is 30.3 Å². The Bertz CT molecular complexity index is 369. The first-order chi connectivity index (χ1) is 8.27. The summed E-state index contributed by atoms with van der Waals surface area (Å²) in [6.45, 7) is 4.78. The fraction of sp³-hybridized carbons (Fsp3) is 0.500. The normalized spacial score (nSPS) is 19.2. The van der Waals surface area contributed by atoms with Gasteiger partial charge in [0.2, 0.25) is 5.91 Å². The van der Waals surface area contributed by atoms with Crippen LogP contribution in [0.3, 0.4) is 0 Å². The van der Waals surface area contributed by atoms with E-state index in [0.29, 0.717) is 12.5 Å². The molecule has 0 unspecified atom stereocenters. The van der Waals surface area contributed by atoms with Crippen molar-refractivity contribution >= 4 is 18.3 Å². The zero-order valence-electron chi connectivity index (χ0n) is 10.8. The highest BCUT2D eigenvalue weighted by atomic mass is 35.5. The average Bonchev–Trinajstić information content (AvgIpc) is 2.38. The lowest BCUT2D eigenvalue weighted by atomic mass is 10.1. The molecule has 2 rings (SSSR count). The van der Waals surface area contributed by atoms with Gasteiger partial charge in [-0.15, -0.1) is 12.4 Å². The number of halogens is 1. The van der Waals surface area contributed by atoms with E-state index in [9.17, 15) is 4.79 Å². The molecule has 1 heterocycles. The molecule has 0 aliphatic carbocycles. The van der Waals surface area contributed by atoms with Gasteiger partial charge in [0, 0.05) is 32.1 Å². The molecule has 1 N–H and O–H groups in total. The van der Waals surface area contributed by atoms with Gasteiger partial charge in [0.25, 0.3) is 0 Å². The van der Waals surface area contributed by atoms with Crippen LogP contribution in [0.5, 0.6) is 0 Å². The zero-order valence-corrected chi connectivity index (χ0v) is 11.6. The average molecular weight is 269 g/mol. The lowest BCUT2D eigenvalue weighted by Crippen LogP contribution is -2.52. The minimum atomic E-state index is 0. The molecule has 1 aliphatic heterocycles. The summed E-state index contributed by atoms with van der Waals surface area (Å²) in [6.07, 6.45) is 1.46. The van der Waals surface area contributed by atoms with Gasteiger partial charge in [0.15, 0.2) is 0 Å². The molecule has 3 nitrogen and oxygen atoms in total. The SMILES string of the molecule is C[C@@H]1CNCCN1C(=O)CCc1ccccc1.Cl. The Morgan fingerprint density at radius 2 is 2.11 bits per heavy atom. The first-order valence-electron chi connectivity index (χ1n) is 6.31. The second-order valence-electron chi connectivity index (χ2n) is 4.63. The highest BCUT2D eigenvalue weighted by Crippen LogP contribution is 2.08. The molecule has 1 saturated heterocycles. The molecule has 0 saturated carbocycles. The first kappa shape index (κ1) is 15.0. The second kappa shape index (κ2) is 7.39. The van der Waals surface area contributed by atoms with Crippen molar-refractivity contribution < 1.29 is 4.79 Å². The molecule has 0 bridgehead atoms. The number of aryl methyl sites for hydroxylation is 1. The molecule has 0 radical (unpaired) electrons. The maximum Gasteiger partial charge on any atom is 0.223 e. The van der Waals surface area contributed by atoms with E-state index in [2.05, 4.69) is 24.4 Å². The number of carbonyl (C=O) groups is 1. The fourth-order valence-electron chi connectivity index (χ4n) is 2.25. The highest BCUT2D eigenvalue weighted by Gasteiger charge is 2.22. The molecule has 1 aromatic carbocycles. The summed E-state index contributed by atoms with van der Waals surface area (Å²) in [5.41, 5.74) is 1.24. The molecular formula is C14H21ClN2O. The Balaban J connectivity index is 0.00000162. The minimum absolute atomic E-state index is 0. The molecule has 1 aliphatic rings. The van der Waals surface area contributed by atoms with E-state index in [1.54, 1.807) is 0 Å². The van der Waals surface area contributed by atoms with Gasteiger partial charge in [-0.25, -0.2) is 0 Å². The van der Waals surface area contributed by atoms with Crippen LogP contribution in [-0.2, 0) is 11.2 Å². The summed E-state index contributed by atoms with van der Waals surface area (Å²) in [5, 5.41) is 3.30. The van der Waals surface area contributed by atoms with Crippen LogP contribution in [-0.4, -0.2) is 36.5 Å². The zero-order chi connectivity index (χ0) is 12.1.